The summed E-state index contributed by atoms with van der Waals surface area (Å²) in [4.78, 5) is 17.1. The van der Waals surface area contributed by atoms with Crippen molar-refractivity contribution in [1.82, 2.24) is 9.88 Å². The van der Waals surface area contributed by atoms with Gasteiger partial charge in [0.1, 0.15) is 0 Å². The zero-order chi connectivity index (χ0) is 14.8. The molecule has 1 aliphatic rings. The molecule has 0 unspecified atom stereocenters. The molecule has 108 valence electrons. The minimum atomic E-state index is -1.24. The van der Waals surface area contributed by atoms with Gasteiger partial charge in [0.2, 0.25) is 5.95 Å². The van der Waals surface area contributed by atoms with Crippen molar-refractivity contribution in [3.8, 4) is 0 Å². The lowest BCUT2D eigenvalue weighted by molar-refractivity contribution is 0.0757. The van der Waals surface area contributed by atoms with Crippen molar-refractivity contribution in [3.63, 3.8) is 0 Å². The summed E-state index contributed by atoms with van der Waals surface area (Å²) < 4.78 is 26.8. The highest BCUT2D eigenvalue weighted by atomic mass is 19.2. The molecule has 2 aromatic rings. The van der Waals surface area contributed by atoms with Crippen LogP contribution in [0.5, 0.6) is 0 Å². The van der Waals surface area contributed by atoms with Crippen molar-refractivity contribution in [2.24, 2.45) is 0 Å². The van der Waals surface area contributed by atoms with Crippen LogP contribution in [-0.4, -0.2) is 28.9 Å². The third kappa shape index (κ3) is 2.63. The fraction of sp³-hybridized carbons (Fsp3) is 0.250. The van der Waals surface area contributed by atoms with Crippen LogP contribution in [0.2, 0.25) is 0 Å². The lowest BCUT2D eigenvalue weighted by Crippen LogP contribution is -2.34. The molecule has 0 atom stereocenters. The van der Waals surface area contributed by atoms with E-state index in [2.05, 4.69) is 4.98 Å². The van der Waals surface area contributed by atoms with Crippen LogP contribution in [0.15, 0.2) is 36.5 Å². The van der Waals surface area contributed by atoms with E-state index in [0.717, 1.165) is 19.0 Å². The minimum absolute atomic E-state index is 0.256. The normalized spacial score (nSPS) is 14.5. The Labute approximate surface area is 121 Å². The maximum atomic E-state index is 13.7. The first-order chi connectivity index (χ1) is 10.2. The Morgan fingerprint density at radius 3 is 2.29 bits per heavy atom. The summed E-state index contributed by atoms with van der Waals surface area (Å²) in [5.41, 5.74) is 2.15. The zero-order valence-corrected chi connectivity index (χ0v) is 11.4. The van der Waals surface area contributed by atoms with Gasteiger partial charge in [0.25, 0.3) is 5.91 Å². The number of nitrogens with zero attached hydrogens (tertiary/aromatic N) is 2. The van der Waals surface area contributed by atoms with Crippen molar-refractivity contribution in [2.45, 2.75) is 12.8 Å². The average molecular weight is 288 g/mol. The molecule has 0 saturated heterocycles. The summed E-state index contributed by atoms with van der Waals surface area (Å²) in [5, 5.41) is 0. The Kier molecular flexibility index (Phi) is 3.64. The Morgan fingerprint density at radius 2 is 1.67 bits per heavy atom. The van der Waals surface area contributed by atoms with E-state index in [1.807, 2.05) is 24.3 Å². The third-order valence-electron chi connectivity index (χ3n) is 3.78. The first-order valence-corrected chi connectivity index (χ1v) is 6.83. The van der Waals surface area contributed by atoms with Crippen molar-refractivity contribution >= 4 is 5.91 Å². The predicted octanol–water partition coefficient (Wildman–Crippen LogP) is 2.60. The highest BCUT2D eigenvalue weighted by Gasteiger charge is 2.23. The maximum Gasteiger partial charge on any atom is 0.257 e. The van der Waals surface area contributed by atoms with Crippen LogP contribution in [-0.2, 0) is 12.8 Å². The predicted molar refractivity (Wildman–Crippen MR) is 73.9 cm³/mol. The lowest BCUT2D eigenvalue weighted by Gasteiger charge is -2.20. The van der Waals surface area contributed by atoms with Gasteiger partial charge in [-0.15, -0.1) is 0 Å². The first kappa shape index (κ1) is 13.7. The van der Waals surface area contributed by atoms with Crippen LogP contribution in [0.1, 0.15) is 21.5 Å². The van der Waals surface area contributed by atoms with Gasteiger partial charge in [0.15, 0.2) is 5.82 Å². The SMILES string of the molecule is O=C(c1ccnc(F)c1F)N1CCc2ccccc2CC1. The minimum Gasteiger partial charge on any atom is -0.338 e. The van der Waals surface area contributed by atoms with Crippen molar-refractivity contribution < 1.29 is 13.6 Å². The number of aromatic nitrogens is 1. The topological polar surface area (TPSA) is 33.2 Å². The smallest absolute Gasteiger partial charge is 0.257 e. The Balaban J connectivity index is 1.83. The van der Waals surface area contributed by atoms with Gasteiger partial charge in [-0.05, 0) is 30.0 Å². The van der Waals surface area contributed by atoms with Gasteiger partial charge in [0, 0.05) is 19.3 Å². The van der Waals surface area contributed by atoms with Gasteiger partial charge < -0.3 is 4.90 Å². The number of benzene rings is 1. The van der Waals surface area contributed by atoms with E-state index in [1.54, 1.807) is 4.90 Å². The number of carbonyl (C=O) groups is 1. The molecule has 5 heteroatoms. The second-order valence-corrected chi connectivity index (χ2v) is 5.02. The molecule has 0 saturated carbocycles. The van der Waals surface area contributed by atoms with Crippen molar-refractivity contribution in [2.75, 3.05) is 13.1 Å². The van der Waals surface area contributed by atoms with Crippen molar-refractivity contribution in [3.05, 3.63) is 65.0 Å². The summed E-state index contributed by atoms with van der Waals surface area (Å²) in [6.45, 7) is 0.998. The van der Waals surface area contributed by atoms with E-state index in [0.29, 0.717) is 13.1 Å². The summed E-state index contributed by atoms with van der Waals surface area (Å²) in [6.07, 6.45) is 2.55. The van der Waals surface area contributed by atoms with Crippen molar-refractivity contribution in [1.29, 1.82) is 0 Å². The highest BCUT2D eigenvalue weighted by Crippen LogP contribution is 2.18. The fourth-order valence-corrected chi connectivity index (χ4v) is 2.62. The van der Waals surface area contributed by atoms with Gasteiger partial charge in [-0.3, -0.25) is 4.79 Å². The summed E-state index contributed by atoms with van der Waals surface area (Å²) in [5.74, 6) is -2.90. The second-order valence-electron chi connectivity index (χ2n) is 5.02. The van der Waals surface area contributed by atoms with E-state index in [4.69, 9.17) is 0 Å². The number of hydrogen-bond donors (Lipinski definition) is 0. The summed E-state index contributed by atoms with van der Waals surface area (Å²) in [7, 11) is 0. The zero-order valence-electron chi connectivity index (χ0n) is 11.4. The molecule has 0 fully saturated rings. The summed E-state index contributed by atoms with van der Waals surface area (Å²) in [6, 6.07) is 9.23. The Morgan fingerprint density at radius 1 is 1.05 bits per heavy atom. The molecule has 1 aromatic carbocycles. The molecule has 1 aromatic heterocycles. The van der Waals surface area contributed by atoms with Crippen LogP contribution in [0, 0.1) is 11.8 Å². The number of amides is 1. The molecule has 0 N–H and O–H groups in total. The third-order valence-corrected chi connectivity index (χ3v) is 3.78. The van der Waals surface area contributed by atoms with E-state index in [-0.39, 0.29) is 5.56 Å². The molecule has 0 bridgehead atoms. The molecule has 1 amide bonds. The van der Waals surface area contributed by atoms with Crippen LogP contribution in [0.25, 0.3) is 0 Å². The average Bonchev–Trinajstić information content (AvgIpc) is 2.72. The quantitative estimate of drug-likeness (QED) is 0.756. The Bertz CT molecular complexity index is 661. The molecule has 1 aliphatic heterocycles. The monoisotopic (exact) mass is 288 g/mol. The van der Waals surface area contributed by atoms with Crippen LogP contribution < -0.4 is 0 Å². The number of hydrogen-bond acceptors (Lipinski definition) is 2. The standard InChI is InChI=1S/C16H14F2N2O/c17-14-13(5-8-19-15(14)18)16(21)20-9-6-11-3-1-2-4-12(11)7-10-20/h1-5,8H,6-7,9-10H2. The van der Waals surface area contributed by atoms with E-state index >= 15 is 0 Å². The summed E-state index contributed by atoms with van der Waals surface area (Å²) >= 11 is 0. The maximum absolute atomic E-state index is 13.7. The van der Waals surface area contributed by atoms with Gasteiger partial charge in [0.05, 0.1) is 5.56 Å². The molecule has 21 heavy (non-hydrogen) atoms. The second kappa shape index (κ2) is 5.60. The molecule has 2 heterocycles. The molecular weight excluding hydrogens is 274 g/mol. The van der Waals surface area contributed by atoms with E-state index in [9.17, 15) is 13.6 Å². The number of fused-ring (bicyclic) bond motifs is 1. The van der Waals surface area contributed by atoms with Gasteiger partial charge in [-0.2, -0.15) is 4.39 Å². The Hall–Kier alpha value is -2.30. The van der Waals surface area contributed by atoms with Gasteiger partial charge in [-0.25, -0.2) is 9.37 Å². The molecule has 0 aliphatic carbocycles. The fourth-order valence-electron chi connectivity index (χ4n) is 2.62. The molecular formula is C16H14F2N2O. The number of rotatable bonds is 1. The van der Waals surface area contributed by atoms with E-state index in [1.165, 1.54) is 17.2 Å². The number of halogens is 2. The van der Waals surface area contributed by atoms with E-state index < -0.39 is 17.7 Å². The van der Waals surface area contributed by atoms with Gasteiger partial charge >= 0.3 is 0 Å². The number of carbonyl (C=O) groups excluding carboxylic acids is 1. The molecule has 0 spiro atoms. The first-order valence-electron chi connectivity index (χ1n) is 6.83. The number of pyridine rings is 1. The largest absolute Gasteiger partial charge is 0.338 e. The van der Waals surface area contributed by atoms with Crippen LogP contribution >= 0.6 is 0 Å². The van der Waals surface area contributed by atoms with Crippen LogP contribution in [0.3, 0.4) is 0 Å². The lowest BCUT2D eigenvalue weighted by atomic mass is 10.0. The molecule has 0 radical (unpaired) electrons. The molecule has 3 rings (SSSR count). The van der Waals surface area contributed by atoms with Gasteiger partial charge in [-0.1, -0.05) is 24.3 Å². The molecule has 3 nitrogen and oxygen atoms in total. The van der Waals surface area contributed by atoms with Crippen LogP contribution in [0.4, 0.5) is 8.78 Å². The highest BCUT2D eigenvalue weighted by molar-refractivity contribution is 5.94.